The normalized spacial score (nSPS) is 11.8. The molecule has 3 aromatic rings. The van der Waals surface area contributed by atoms with Crippen molar-refractivity contribution in [2.75, 3.05) is 19.4 Å². The highest BCUT2D eigenvalue weighted by Crippen LogP contribution is 2.26. The van der Waals surface area contributed by atoms with Gasteiger partial charge in [0.2, 0.25) is 5.91 Å². The molecule has 1 atom stereocenters. The molecule has 0 unspecified atom stereocenters. The summed E-state index contributed by atoms with van der Waals surface area (Å²) >= 11 is 1.64. The Kier molecular flexibility index (Phi) is 5.14. The predicted octanol–water partition coefficient (Wildman–Crippen LogP) is 4.36. The minimum atomic E-state index is -0.413. The maximum atomic E-state index is 12.6. The van der Waals surface area contributed by atoms with E-state index in [2.05, 4.69) is 15.7 Å². The predicted molar refractivity (Wildman–Crippen MR) is 104 cm³/mol. The molecule has 0 saturated heterocycles. The van der Waals surface area contributed by atoms with Crippen molar-refractivity contribution >= 4 is 22.9 Å². The van der Waals surface area contributed by atoms with Crippen LogP contribution in [0, 0.1) is 6.92 Å². The fourth-order valence-electron chi connectivity index (χ4n) is 2.59. The van der Waals surface area contributed by atoms with Gasteiger partial charge < -0.3 is 10.2 Å². The van der Waals surface area contributed by atoms with Crippen LogP contribution in [0.4, 0.5) is 5.69 Å². The number of nitrogens with one attached hydrogen (secondary N) is 1. The number of anilines is 1. The maximum absolute atomic E-state index is 12.6. The van der Waals surface area contributed by atoms with Gasteiger partial charge in [0.05, 0.1) is 10.7 Å². The van der Waals surface area contributed by atoms with E-state index < -0.39 is 6.04 Å². The van der Waals surface area contributed by atoms with Crippen LogP contribution >= 0.6 is 11.3 Å². The molecule has 1 N–H and O–H groups in total. The van der Waals surface area contributed by atoms with Gasteiger partial charge in [-0.2, -0.15) is 0 Å². The lowest BCUT2D eigenvalue weighted by atomic mass is 10.0. The molecule has 3 rings (SSSR count). The summed E-state index contributed by atoms with van der Waals surface area (Å²) in [5, 5.41) is 6.46. The molecule has 0 bridgehead atoms. The van der Waals surface area contributed by atoms with Crippen molar-refractivity contribution in [2.45, 2.75) is 13.0 Å². The third-order valence-corrected chi connectivity index (χ3v) is 4.70. The number of aryl methyl sites for hydroxylation is 1. The summed E-state index contributed by atoms with van der Waals surface area (Å²) in [6.45, 7) is 2.00. The van der Waals surface area contributed by atoms with Crippen molar-refractivity contribution in [1.29, 1.82) is 0 Å². The van der Waals surface area contributed by atoms with Gasteiger partial charge in [-0.1, -0.05) is 42.5 Å². The number of carbonyl (C=O) groups is 1. The second kappa shape index (κ2) is 7.49. The molecule has 25 heavy (non-hydrogen) atoms. The number of hydrogen-bond acceptors (Lipinski definition) is 4. The van der Waals surface area contributed by atoms with E-state index in [1.54, 1.807) is 30.3 Å². The van der Waals surface area contributed by atoms with Crippen LogP contribution in [0.5, 0.6) is 0 Å². The van der Waals surface area contributed by atoms with Gasteiger partial charge in [0.15, 0.2) is 0 Å². The van der Waals surface area contributed by atoms with Crippen LogP contribution in [-0.4, -0.2) is 29.9 Å². The van der Waals surface area contributed by atoms with Crippen molar-refractivity contribution in [1.82, 2.24) is 9.88 Å². The van der Waals surface area contributed by atoms with Crippen molar-refractivity contribution < 1.29 is 4.79 Å². The van der Waals surface area contributed by atoms with Gasteiger partial charge in [-0.05, 0) is 24.6 Å². The number of carbonyl (C=O) groups excluding carboxylic acids is 1. The molecule has 0 fully saturated rings. The van der Waals surface area contributed by atoms with Crippen molar-refractivity contribution in [3.05, 3.63) is 70.5 Å². The van der Waals surface area contributed by atoms with E-state index in [0.29, 0.717) is 0 Å². The van der Waals surface area contributed by atoms with Crippen LogP contribution < -0.4 is 5.32 Å². The zero-order chi connectivity index (χ0) is 17.8. The summed E-state index contributed by atoms with van der Waals surface area (Å²) in [5.74, 6) is 0.0189. The summed E-state index contributed by atoms with van der Waals surface area (Å²) in [4.78, 5) is 18.7. The molecule has 0 aliphatic heterocycles. The Bertz CT molecular complexity index is 841. The van der Waals surface area contributed by atoms with E-state index in [4.69, 9.17) is 0 Å². The summed E-state index contributed by atoms with van der Waals surface area (Å²) < 4.78 is 0. The van der Waals surface area contributed by atoms with Crippen LogP contribution in [0.25, 0.3) is 11.3 Å². The quantitative estimate of drug-likeness (QED) is 0.743. The van der Waals surface area contributed by atoms with E-state index in [1.807, 2.05) is 61.5 Å². The van der Waals surface area contributed by atoms with Gasteiger partial charge in [0.25, 0.3) is 0 Å². The number of aromatic nitrogens is 1. The largest absolute Gasteiger partial charge is 0.370 e. The summed E-state index contributed by atoms with van der Waals surface area (Å²) in [6, 6.07) is 17.4. The van der Waals surface area contributed by atoms with Crippen LogP contribution in [0.2, 0.25) is 0 Å². The molecular formula is C20H21N3OS. The molecule has 0 spiro atoms. The van der Waals surface area contributed by atoms with Gasteiger partial charge in [-0.25, -0.2) is 4.98 Å². The highest BCUT2D eigenvalue weighted by molar-refractivity contribution is 7.09. The van der Waals surface area contributed by atoms with E-state index >= 15 is 0 Å². The van der Waals surface area contributed by atoms with Crippen molar-refractivity contribution in [2.24, 2.45) is 0 Å². The van der Waals surface area contributed by atoms with Crippen molar-refractivity contribution in [3.63, 3.8) is 0 Å². The number of hydrogen-bond donors (Lipinski definition) is 1. The first kappa shape index (κ1) is 17.2. The molecule has 0 aliphatic carbocycles. The van der Waals surface area contributed by atoms with Gasteiger partial charge in [0.1, 0.15) is 6.04 Å². The average molecular weight is 351 g/mol. The molecule has 0 aliphatic rings. The molecule has 5 heteroatoms. The second-order valence-corrected chi connectivity index (χ2v) is 7.11. The number of rotatable bonds is 5. The summed E-state index contributed by atoms with van der Waals surface area (Å²) in [6.07, 6.45) is 0. The lowest BCUT2D eigenvalue weighted by Gasteiger charge is -2.23. The SMILES string of the molecule is Cc1nc(-c2ccc(N[C@H](C(=O)N(C)C)c3ccccc3)cc2)cs1. The minimum absolute atomic E-state index is 0.0189. The molecule has 4 nitrogen and oxygen atoms in total. The summed E-state index contributed by atoms with van der Waals surface area (Å²) in [5.41, 5.74) is 3.91. The number of thiazole rings is 1. The molecule has 0 saturated carbocycles. The Morgan fingerprint density at radius 1 is 1.08 bits per heavy atom. The van der Waals surface area contributed by atoms with E-state index in [-0.39, 0.29) is 5.91 Å². The number of benzene rings is 2. The van der Waals surface area contributed by atoms with Gasteiger partial charge >= 0.3 is 0 Å². The lowest BCUT2D eigenvalue weighted by Crippen LogP contribution is -2.32. The second-order valence-electron chi connectivity index (χ2n) is 6.05. The van der Waals surface area contributed by atoms with E-state index in [9.17, 15) is 4.79 Å². The van der Waals surface area contributed by atoms with Crippen LogP contribution in [0.15, 0.2) is 60.0 Å². The highest BCUT2D eigenvalue weighted by atomic mass is 32.1. The third kappa shape index (κ3) is 4.06. The van der Waals surface area contributed by atoms with E-state index in [1.165, 1.54) is 0 Å². The monoisotopic (exact) mass is 351 g/mol. The molecule has 0 radical (unpaired) electrons. The Morgan fingerprint density at radius 3 is 2.32 bits per heavy atom. The standard InChI is InChI=1S/C20H21N3OS/c1-14-21-18(13-25-14)15-9-11-17(12-10-15)22-19(20(24)23(2)3)16-7-5-4-6-8-16/h4-13,19,22H,1-3H3/t19-/m0/s1. The minimum Gasteiger partial charge on any atom is -0.370 e. The third-order valence-electron chi connectivity index (χ3n) is 3.93. The number of amides is 1. The first-order chi connectivity index (χ1) is 12.0. The van der Waals surface area contributed by atoms with Crippen LogP contribution in [0.1, 0.15) is 16.6 Å². The fraction of sp³-hybridized carbons (Fsp3) is 0.200. The zero-order valence-electron chi connectivity index (χ0n) is 14.6. The average Bonchev–Trinajstić information content (AvgIpc) is 3.06. The Balaban J connectivity index is 1.83. The first-order valence-electron chi connectivity index (χ1n) is 8.10. The molecule has 128 valence electrons. The highest BCUT2D eigenvalue weighted by Gasteiger charge is 2.21. The van der Waals surface area contributed by atoms with E-state index in [0.717, 1.165) is 27.5 Å². The fourth-order valence-corrected chi connectivity index (χ4v) is 3.21. The number of likely N-dealkylation sites (N-methyl/N-ethyl adjacent to an activating group) is 1. The molecule has 1 heterocycles. The Hall–Kier alpha value is -2.66. The maximum Gasteiger partial charge on any atom is 0.249 e. The first-order valence-corrected chi connectivity index (χ1v) is 8.98. The van der Waals surface area contributed by atoms with Crippen LogP contribution in [0.3, 0.4) is 0 Å². The smallest absolute Gasteiger partial charge is 0.249 e. The summed E-state index contributed by atoms with van der Waals surface area (Å²) in [7, 11) is 3.54. The molecule has 1 aromatic heterocycles. The Morgan fingerprint density at radius 2 is 1.76 bits per heavy atom. The molecule has 1 amide bonds. The lowest BCUT2D eigenvalue weighted by molar-refractivity contribution is -0.129. The zero-order valence-corrected chi connectivity index (χ0v) is 15.4. The van der Waals surface area contributed by atoms with Gasteiger partial charge in [0, 0.05) is 30.7 Å². The Labute approximate surface area is 152 Å². The topological polar surface area (TPSA) is 45.2 Å². The number of nitrogens with zero attached hydrogens (tertiary/aromatic N) is 2. The van der Waals surface area contributed by atoms with Gasteiger partial charge in [-0.15, -0.1) is 11.3 Å². The van der Waals surface area contributed by atoms with Gasteiger partial charge in [-0.3, -0.25) is 4.79 Å². The van der Waals surface area contributed by atoms with Crippen molar-refractivity contribution in [3.8, 4) is 11.3 Å². The molecular weight excluding hydrogens is 330 g/mol. The molecule has 2 aromatic carbocycles. The van der Waals surface area contributed by atoms with Crippen LogP contribution in [-0.2, 0) is 4.79 Å².